The summed E-state index contributed by atoms with van der Waals surface area (Å²) in [7, 11) is -1.95. The predicted octanol–water partition coefficient (Wildman–Crippen LogP) is 0.983. The molecule has 0 aliphatic carbocycles. The van der Waals surface area contributed by atoms with Crippen LogP contribution in [-0.2, 0) is 10.1 Å². The van der Waals surface area contributed by atoms with Crippen molar-refractivity contribution >= 4 is 15.8 Å². The fourth-order valence-electron chi connectivity index (χ4n) is 2.35. The summed E-state index contributed by atoms with van der Waals surface area (Å²) in [5.41, 5.74) is 0.862. The Morgan fingerprint density at radius 1 is 1.14 bits per heavy atom. The lowest BCUT2D eigenvalue weighted by Gasteiger charge is -2.32. The molecule has 0 bridgehead atoms. The average molecular weight is 313 g/mol. The van der Waals surface area contributed by atoms with Gasteiger partial charge in [0.1, 0.15) is 0 Å². The Bertz CT molecular complexity index is 537. The number of hydrogen-bond acceptors (Lipinski definition) is 5. The summed E-state index contributed by atoms with van der Waals surface area (Å²) in [6.45, 7) is 6.43. The van der Waals surface area contributed by atoms with Crippen LogP contribution in [-0.4, -0.2) is 69.1 Å². The lowest BCUT2D eigenvalue weighted by Crippen LogP contribution is -2.44. The largest absolute Gasteiger partial charge is 0.385 e. The minimum absolute atomic E-state index is 0.0783. The van der Waals surface area contributed by atoms with Gasteiger partial charge in [0.25, 0.3) is 10.1 Å². The molecule has 0 amide bonds. The second-order valence-electron chi connectivity index (χ2n) is 5.42. The van der Waals surface area contributed by atoms with Crippen LogP contribution < -0.4 is 5.32 Å². The maximum absolute atomic E-state index is 10.9. The van der Waals surface area contributed by atoms with Crippen LogP contribution in [0.5, 0.6) is 0 Å². The molecule has 0 atom stereocenters. The van der Waals surface area contributed by atoms with E-state index in [1.54, 1.807) is 12.1 Å². The topological polar surface area (TPSA) is 72.9 Å². The number of nitrogens with one attached hydrogen (secondary N) is 1. The highest BCUT2D eigenvalue weighted by atomic mass is 32.2. The Hall–Kier alpha value is -1.15. The molecule has 0 radical (unpaired) electrons. The van der Waals surface area contributed by atoms with Gasteiger partial charge < -0.3 is 15.1 Å². The smallest absolute Gasteiger partial charge is 0.294 e. The Kier molecular flexibility index (Phi) is 5.58. The van der Waals surface area contributed by atoms with Gasteiger partial charge in [-0.3, -0.25) is 4.55 Å². The summed E-state index contributed by atoms with van der Waals surface area (Å²) in [5, 5.41) is 3.26. The van der Waals surface area contributed by atoms with E-state index >= 15 is 0 Å². The van der Waals surface area contributed by atoms with Gasteiger partial charge in [-0.1, -0.05) is 0 Å². The quantitative estimate of drug-likeness (QED) is 0.602. The number of piperazine rings is 1. The summed E-state index contributed by atoms with van der Waals surface area (Å²) < 4.78 is 30.8. The van der Waals surface area contributed by atoms with Crippen LogP contribution in [0.3, 0.4) is 0 Å². The van der Waals surface area contributed by atoms with Gasteiger partial charge in [0, 0.05) is 38.4 Å². The highest BCUT2D eigenvalue weighted by Crippen LogP contribution is 2.13. The highest BCUT2D eigenvalue weighted by molar-refractivity contribution is 7.85. The van der Waals surface area contributed by atoms with Crippen LogP contribution in [0.15, 0.2) is 29.2 Å². The summed E-state index contributed by atoms with van der Waals surface area (Å²) in [6, 6.07) is 6.13. The van der Waals surface area contributed by atoms with E-state index in [-0.39, 0.29) is 4.90 Å². The van der Waals surface area contributed by atoms with Crippen LogP contribution in [0, 0.1) is 0 Å². The maximum atomic E-state index is 10.9. The van der Waals surface area contributed by atoms with E-state index in [1.807, 2.05) is 0 Å². The zero-order valence-electron chi connectivity index (χ0n) is 12.3. The first-order valence-electron chi connectivity index (χ1n) is 7.17. The molecule has 118 valence electrons. The van der Waals surface area contributed by atoms with Crippen LogP contribution >= 0.6 is 0 Å². The third kappa shape index (κ3) is 5.28. The van der Waals surface area contributed by atoms with Gasteiger partial charge >= 0.3 is 0 Å². The van der Waals surface area contributed by atoms with Crippen LogP contribution in [0.1, 0.15) is 6.42 Å². The van der Waals surface area contributed by atoms with Gasteiger partial charge in [-0.05, 0) is 44.3 Å². The summed E-state index contributed by atoms with van der Waals surface area (Å²) in [5.74, 6) is 0. The van der Waals surface area contributed by atoms with Crippen molar-refractivity contribution < 1.29 is 13.0 Å². The van der Waals surface area contributed by atoms with Crippen molar-refractivity contribution in [2.24, 2.45) is 0 Å². The van der Waals surface area contributed by atoms with Crippen molar-refractivity contribution in [3.05, 3.63) is 24.3 Å². The monoisotopic (exact) mass is 313 g/mol. The molecule has 1 aromatic rings. The van der Waals surface area contributed by atoms with E-state index in [4.69, 9.17) is 4.55 Å². The fourth-order valence-corrected chi connectivity index (χ4v) is 2.83. The molecule has 0 spiro atoms. The molecule has 2 rings (SSSR count). The van der Waals surface area contributed by atoms with Crippen molar-refractivity contribution in [1.82, 2.24) is 9.80 Å². The van der Waals surface area contributed by atoms with Crippen molar-refractivity contribution in [2.45, 2.75) is 11.3 Å². The molecule has 1 aromatic carbocycles. The van der Waals surface area contributed by atoms with Crippen molar-refractivity contribution in [3.63, 3.8) is 0 Å². The number of hydrogen-bond donors (Lipinski definition) is 2. The molecule has 0 aromatic heterocycles. The highest BCUT2D eigenvalue weighted by Gasteiger charge is 2.12. The second kappa shape index (κ2) is 7.22. The molecular formula is C14H23N3O3S. The number of nitrogens with zero attached hydrogens (tertiary/aromatic N) is 2. The van der Waals surface area contributed by atoms with E-state index in [2.05, 4.69) is 22.2 Å². The summed E-state index contributed by atoms with van der Waals surface area (Å²) in [4.78, 5) is 4.72. The molecule has 1 fully saturated rings. The van der Waals surface area contributed by atoms with Crippen molar-refractivity contribution in [2.75, 3.05) is 51.6 Å². The number of rotatable bonds is 6. The minimum Gasteiger partial charge on any atom is -0.385 e. The van der Waals surface area contributed by atoms with Gasteiger partial charge in [-0.2, -0.15) is 8.42 Å². The molecule has 7 heteroatoms. The lowest BCUT2D eigenvalue weighted by atomic mass is 10.3. The minimum atomic E-state index is -4.10. The SMILES string of the molecule is CN1CCN(CCCNc2ccc(S(=O)(=O)O)cc2)CC1. The van der Waals surface area contributed by atoms with Crippen LogP contribution in [0.25, 0.3) is 0 Å². The molecule has 0 unspecified atom stereocenters. The molecule has 21 heavy (non-hydrogen) atoms. The van der Waals surface area contributed by atoms with Crippen LogP contribution in [0.2, 0.25) is 0 Å². The molecule has 6 nitrogen and oxygen atoms in total. The van der Waals surface area contributed by atoms with Gasteiger partial charge in [0.15, 0.2) is 0 Å². The Morgan fingerprint density at radius 3 is 2.33 bits per heavy atom. The van der Waals surface area contributed by atoms with Gasteiger partial charge in [0.2, 0.25) is 0 Å². The summed E-state index contributed by atoms with van der Waals surface area (Å²) >= 11 is 0. The molecular weight excluding hydrogens is 290 g/mol. The Balaban J connectivity index is 1.69. The second-order valence-corrected chi connectivity index (χ2v) is 6.85. The van der Waals surface area contributed by atoms with Crippen molar-refractivity contribution in [1.29, 1.82) is 0 Å². The number of benzene rings is 1. The van der Waals surface area contributed by atoms with E-state index < -0.39 is 10.1 Å². The van der Waals surface area contributed by atoms with Gasteiger partial charge in [0.05, 0.1) is 4.90 Å². The number of anilines is 1. The van der Waals surface area contributed by atoms with E-state index in [0.717, 1.165) is 51.4 Å². The normalized spacial score (nSPS) is 17.8. The average Bonchev–Trinajstić information content (AvgIpc) is 2.45. The van der Waals surface area contributed by atoms with E-state index in [1.165, 1.54) is 12.1 Å². The Morgan fingerprint density at radius 2 is 1.76 bits per heavy atom. The van der Waals surface area contributed by atoms with Gasteiger partial charge in [-0.15, -0.1) is 0 Å². The Labute approximate surface area is 126 Å². The molecule has 2 N–H and O–H groups in total. The predicted molar refractivity (Wildman–Crippen MR) is 83.3 cm³/mol. The first kappa shape index (κ1) is 16.2. The standard InChI is InChI=1S/C14H23N3O3S/c1-16-9-11-17(12-10-16)8-2-7-15-13-3-5-14(6-4-13)21(18,19)20/h3-6,15H,2,7-12H2,1H3,(H,18,19,20). The fraction of sp³-hybridized carbons (Fsp3) is 0.571. The zero-order chi connectivity index (χ0) is 15.3. The van der Waals surface area contributed by atoms with Crippen molar-refractivity contribution in [3.8, 4) is 0 Å². The first-order valence-corrected chi connectivity index (χ1v) is 8.61. The number of likely N-dealkylation sites (N-methyl/N-ethyl adjacent to an activating group) is 1. The summed E-state index contributed by atoms with van der Waals surface area (Å²) in [6.07, 6.45) is 1.05. The molecule has 1 heterocycles. The van der Waals surface area contributed by atoms with Gasteiger partial charge in [-0.25, -0.2) is 0 Å². The molecule has 1 aliphatic heterocycles. The molecule has 0 saturated carbocycles. The first-order chi connectivity index (χ1) is 9.95. The third-order valence-corrected chi connectivity index (χ3v) is 4.60. The van der Waals surface area contributed by atoms with Crippen LogP contribution in [0.4, 0.5) is 5.69 Å². The lowest BCUT2D eigenvalue weighted by molar-refractivity contribution is 0.154. The molecule has 1 saturated heterocycles. The third-order valence-electron chi connectivity index (χ3n) is 3.73. The van der Waals surface area contributed by atoms with E-state index in [9.17, 15) is 8.42 Å². The zero-order valence-corrected chi connectivity index (χ0v) is 13.1. The molecule has 1 aliphatic rings. The van der Waals surface area contributed by atoms with E-state index in [0.29, 0.717) is 0 Å². The maximum Gasteiger partial charge on any atom is 0.294 e.